The van der Waals surface area contributed by atoms with E-state index in [-0.39, 0.29) is 5.91 Å². The van der Waals surface area contributed by atoms with Gasteiger partial charge in [0.1, 0.15) is 5.75 Å². The zero-order valence-electron chi connectivity index (χ0n) is 15.0. The van der Waals surface area contributed by atoms with Crippen LogP contribution in [0.4, 0.5) is 0 Å². The molecule has 2 aromatic carbocycles. The van der Waals surface area contributed by atoms with Crippen molar-refractivity contribution in [2.45, 2.75) is 25.8 Å². The lowest BCUT2D eigenvalue weighted by molar-refractivity contribution is -0.116. The van der Waals surface area contributed by atoms with Crippen molar-refractivity contribution in [3.8, 4) is 5.75 Å². The number of nitrogens with one attached hydrogen (secondary N) is 1. The normalized spacial score (nSPS) is 18.1. The Kier molecular flexibility index (Phi) is 5.71. The lowest BCUT2D eigenvalue weighted by Gasteiger charge is -2.22. The van der Waals surface area contributed by atoms with Crippen LogP contribution >= 0.6 is 0 Å². The number of nitrogens with zero attached hydrogens (tertiary/aromatic N) is 1. The zero-order valence-corrected chi connectivity index (χ0v) is 15.0. The number of amides is 1. The van der Waals surface area contributed by atoms with Gasteiger partial charge in [-0.05, 0) is 66.5 Å². The fraction of sp³-hybridized carbons (Fsp3) is 0.381. The highest BCUT2D eigenvalue weighted by atomic mass is 16.5. The van der Waals surface area contributed by atoms with E-state index in [9.17, 15) is 4.79 Å². The van der Waals surface area contributed by atoms with E-state index in [1.807, 2.05) is 36.4 Å². The SMILES string of the molecule is CCN1CCC[C@H]1CNC(=O)/C=C/c1ccc2cc(OC)ccc2c1. The molecule has 1 saturated heterocycles. The molecule has 1 aliphatic heterocycles. The number of carbonyl (C=O) groups excluding carboxylic acids is 1. The van der Waals surface area contributed by atoms with Crippen molar-refractivity contribution in [3.63, 3.8) is 0 Å². The van der Waals surface area contributed by atoms with Crippen molar-refractivity contribution in [2.24, 2.45) is 0 Å². The molecule has 1 heterocycles. The molecule has 0 radical (unpaired) electrons. The first-order valence-corrected chi connectivity index (χ1v) is 8.97. The van der Waals surface area contributed by atoms with Crippen LogP contribution in [0, 0.1) is 0 Å². The molecular formula is C21H26N2O2. The van der Waals surface area contributed by atoms with E-state index in [2.05, 4.69) is 23.2 Å². The number of likely N-dealkylation sites (N-methyl/N-ethyl adjacent to an activating group) is 1. The highest BCUT2D eigenvalue weighted by Gasteiger charge is 2.22. The summed E-state index contributed by atoms with van der Waals surface area (Å²) in [5.41, 5.74) is 1.02. The molecule has 4 heteroatoms. The van der Waals surface area contributed by atoms with Crippen molar-refractivity contribution in [1.82, 2.24) is 10.2 Å². The summed E-state index contributed by atoms with van der Waals surface area (Å²) in [5, 5.41) is 5.29. The molecule has 0 aliphatic carbocycles. The molecule has 132 valence electrons. The number of methoxy groups -OCH3 is 1. The van der Waals surface area contributed by atoms with Gasteiger partial charge in [-0.2, -0.15) is 0 Å². The smallest absolute Gasteiger partial charge is 0.244 e. The third-order valence-corrected chi connectivity index (χ3v) is 4.92. The van der Waals surface area contributed by atoms with Gasteiger partial charge < -0.3 is 10.1 Å². The highest BCUT2D eigenvalue weighted by molar-refractivity contribution is 5.93. The quantitative estimate of drug-likeness (QED) is 0.820. The predicted molar refractivity (Wildman–Crippen MR) is 103 cm³/mol. The van der Waals surface area contributed by atoms with Gasteiger partial charge in [0.25, 0.3) is 0 Å². The summed E-state index contributed by atoms with van der Waals surface area (Å²) in [7, 11) is 1.67. The largest absolute Gasteiger partial charge is 0.497 e. The Hall–Kier alpha value is -2.33. The first-order valence-electron chi connectivity index (χ1n) is 8.97. The minimum absolute atomic E-state index is 0.0298. The highest BCUT2D eigenvalue weighted by Crippen LogP contribution is 2.22. The number of likely N-dealkylation sites (tertiary alicyclic amines) is 1. The van der Waals surface area contributed by atoms with Crippen LogP contribution in [0.1, 0.15) is 25.3 Å². The Morgan fingerprint density at radius 2 is 2.08 bits per heavy atom. The Balaban J connectivity index is 1.59. The van der Waals surface area contributed by atoms with Gasteiger partial charge in [0.15, 0.2) is 0 Å². The first kappa shape index (κ1) is 17.5. The molecule has 1 N–H and O–H groups in total. The summed E-state index contributed by atoms with van der Waals surface area (Å²) >= 11 is 0. The molecule has 1 atom stereocenters. The summed E-state index contributed by atoms with van der Waals surface area (Å²) in [5.74, 6) is 0.820. The van der Waals surface area contributed by atoms with E-state index < -0.39 is 0 Å². The average molecular weight is 338 g/mol. The lowest BCUT2D eigenvalue weighted by Crippen LogP contribution is -2.39. The van der Waals surface area contributed by atoms with Crippen molar-refractivity contribution < 1.29 is 9.53 Å². The second-order valence-electron chi connectivity index (χ2n) is 6.48. The van der Waals surface area contributed by atoms with Crippen LogP contribution in [-0.2, 0) is 4.79 Å². The molecule has 0 bridgehead atoms. The first-order chi connectivity index (χ1) is 12.2. The fourth-order valence-corrected chi connectivity index (χ4v) is 3.46. The fourth-order valence-electron chi connectivity index (χ4n) is 3.46. The number of carbonyl (C=O) groups is 1. The van der Waals surface area contributed by atoms with Crippen molar-refractivity contribution in [1.29, 1.82) is 0 Å². The second-order valence-corrected chi connectivity index (χ2v) is 6.48. The topological polar surface area (TPSA) is 41.6 Å². The Morgan fingerprint density at radius 3 is 2.88 bits per heavy atom. The number of rotatable bonds is 6. The van der Waals surface area contributed by atoms with Gasteiger partial charge in [-0.15, -0.1) is 0 Å². The number of hydrogen-bond acceptors (Lipinski definition) is 3. The van der Waals surface area contributed by atoms with Crippen LogP contribution in [0.25, 0.3) is 16.8 Å². The summed E-state index contributed by atoms with van der Waals surface area (Å²) in [4.78, 5) is 14.5. The number of hydrogen-bond donors (Lipinski definition) is 1. The minimum atomic E-state index is -0.0298. The zero-order chi connectivity index (χ0) is 17.6. The Bertz CT molecular complexity index is 770. The van der Waals surface area contributed by atoms with Crippen molar-refractivity contribution in [2.75, 3.05) is 26.7 Å². The maximum atomic E-state index is 12.1. The molecule has 4 nitrogen and oxygen atoms in total. The van der Waals surface area contributed by atoms with Gasteiger partial charge in [-0.1, -0.05) is 25.1 Å². The van der Waals surface area contributed by atoms with E-state index in [1.54, 1.807) is 13.2 Å². The molecule has 0 spiro atoms. The average Bonchev–Trinajstić information content (AvgIpc) is 3.11. The Morgan fingerprint density at radius 1 is 1.28 bits per heavy atom. The minimum Gasteiger partial charge on any atom is -0.497 e. The number of fused-ring (bicyclic) bond motifs is 1. The maximum absolute atomic E-state index is 12.1. The van der Waals surface area contributed by atoms with E-state index >= 15 is 0 Å². The maximum Gasteiger partial charge on any atom is 0.244 e. The predicted octanol–water partition coefficient (Wildman–Crippen LogP) is 3.46. The molecular weight excluding hydrogens is 312 g/mol. The summed E-state index contributed by atoms with van der Waals surface area (Å²) < 4.78 is 5.25. The van der Waals surface area contributed by atoms with Gasteiger partial charge in [-0.3, -0.25) is 9.69 Å². The lowest BCUT2D eigenvalue weighted by atomic mass is 10.1. The van der Waals surface area contributed by atoms with E-state index in [4.69, 9.17) is 4.74 Å². The van der Waals surface area contributed by atoms with E-state index in [1.165, 1.54) is 12.8 Å². The van der Waals surface area contributed by atoms with Crippen LogP contribution in [0.2, 0.25) is 0 Å². The molecule has 1 aliphatic rings. The van der Waals surface area contributed by atoms with Crippen molar-refractivity contribution in [3.05, 3.63) is 48.0 Å². The summed E-state index contributed by atoms with van der Waals surface area (Å²) in [6.45, 7) is 5.11. The van der Waals surface area contributed by atoms with Gasteiger partial charge in [0.2, 0.25) is 5.91 Å². The van der Waals surface area contributed by atoms with Gasteiger partial charge in [-0.25, -0.2) is 0 Å². The molecule has 3 rings (SSSR count). The van der Waals surface area contributed by atoms with Crippen LogP contribution < -0.4 is 10.1 Å². The van der Waals surface area contributed by atoms with E-state index in [0.717, 1.165) is 41.7 Å². The number of benzene rings is 2. The summed E-state index contributed by atoms with van der Waals surface area (Å²) in [6.07, 6.45) is 5.89. The van der Waals surface area contributed by atoms with Crippen molar-refractivity contribution >= 4 is 22.8 Å². The third-order valence-electron chi connectivity index (χ3n) is 4.92. The van der Waals surface area contributed by atoms with Crippen LogP contribution in [-0.4, -0.2) is 43.6 Å². The molecule has 0 aromatic heterocycles. The van der Waals surface area contributed by atoms with Crippen LogP contribution in [0.15, 0.2) is 42.5 Å². The molecule has 0 saturated carbocycles. The monoisotopic (exact) mass is 338 g/mol. The summed E-state index contributed by atoms with van der Waals surface area (Å²) in [6, 6.07) is 12.6. The standard InChI is InChI=1S/C21H26N2O2/c1-3-23-12-4-5-19(23)15-22-21(24)11-7-16-6-8-18-14-20(25-2)10-9-17(18)13-16/h6-11,13-14,19H,3-5,12,15H2,1-2H3,(H,22,24)/b11-7+/t19-/m0/s1. The van der Waals surface area contributed by atoms with Gasteiger partial charge >= 0.3 is 0 Å². The van der Waals surface area contributed by atoms with Crippen LogP contribution in [0.3, 0.4) is 0 Å². The second kappa shape index (κ2) is 8.17. The van der Waals surface area contributed by atoms with Gasteiger partial charge in [0, 0.05) is 18.7 Å². The molecule has 1 amide bonds. The van der Waals surface area contributed by atoms with Crippen LogP contribution in [0.5, 0.6) is 5.75 Å². The Labute approximate surface area is 149 Å². The molecule has 25 heavy (non-hydrogen) atoms. The molecule has 1 fully saturated rings. The molecule has 0 unspecified atom stereocenters. The molecule has 2 aromatic rings. The number of ether oxygens (including phenoxy) is 1. The van der Waals surface area contributed by atoms with E-state index in [0.29, 0.717) is 6.04 Å². The third kappa shape index (κ3) is 4.40. The van der Waals surface area contributed by atoms with Gasteiger partial charge in [0.05, 0.1) is 7.11 Å².